The fourth-order valence-electron chi connectivity index (χ4n) is 1.36. The van der Waals surface area contributed by atoms with Gasteiger partial charge in [0, 0.05) is 16.8 Å². The molecule has 0 spiro atoms. The van der Waals surface area contributed by atoms with Crippen LogP contribution in [0.3, 0.4) is 0 Å². The van der Waals surface area contributed by atoms with Crippen LogP contribution in [0.4, 0.5) is 0 Å². The summed E-state index contributed by atoms with van der Waals surface area (Å²) in [7, 11) is 0. The van der Waals surface area contributed by atoms with Crippen molar-refractivity contribution in [3.8, 4) is 0 Å². The summed E-state index contributed by atoms with van der Waals surface area (Å²) in [6.07, 6.45) is 0. The predicted molar refractivity (Wildman–Crippen MR) is 67.7 cm³/mol. The van der Waals surface area contributed by atoms with E-state index < -0.39 is 0 Å². The van der Waals surface area contributed by atoms with Gasteiger partial charge in [-0.1, -0.05) is 35.0 Å². The highest BCUT2D eigenvalue weighted by atomic mass is 35.5. The number of halogens is 1. The topological polar surface area (TPSA) is 26.0 Å². The number of hydrogen-bond donors (Lipinski definition) is 0. The van der Waals surface area contributed by atoms with E-state index in [4.69, 9.17) is 16.1 Å². The van der Waals surface area contributed by atoms with Crippen molar-refractivity contribution in [2.24, 2.45) is 0 Å². The van der Waals surface area contributed by atoms with Crippen LogP contribution in [0.5, 0.6) is 0 Å². The summed E-state index contributed by atoms with van der Waals surface area (Å²) < 4.78 is 5.13. The fraction of sp³-hybridized carbons (Fsp3) is 0.250. The molecule has 0 aliphatic carbocycles. The molecule has 4 heteroatoms. The molecule has 2 nitrogen and oxygen atoms in total. The molecule has 0 fully saturated rings. The molecule has 0 saturated carbocycles. The monoisotopic (exact) mass is 253 g/mol. The van der Waals surface area contributed by atoms with Crippen molar-refractivity contribution < 1.29 is 4.52 Å². The maximum atomic E-state index is 6.06. The lowest BCUT2D eigenvalue weighted by atomic mass is 10.2. The van der Waals surface area contributed by atoms with Gasteiger partial charge in [0.25, 0.3) is 0 Å². The number of thioether (sulfide) groups is 1. The summed E-state index contributed by atoms with van der Waals surface area (Å²) in [5.74, 6) is 2.63. The van der Waals surface area contributed by atoms with Crippen LogP contribution < -0.4 is 0 Å². The quantitative estimate of drug-likeness (QED) is 0.822. The SMILES string of the molecule is Cc1cc(CSCc2ccccc2Cl)on1. The molecule has 0 N–H and O–H groups in total. The third kappa shape index (κ3) is 3.03. The van der Waals surface area contributed by atoms with Gasteiger partial charge in [-0.2, -0.15) is 0 Å². The molecule has 0 saturated heterocycles. The standard InChI is InChI=1S/C12H12ClNOS/c1-9-6-11(15-14-9)8-16-7-10-4-2-3-5-12(10)13/h2-6H,7-8H2,1H3. The molecule has 0 radical (unpaired) electrons. The van der Waals surface area contributed by atoms with Gasteiger partial charge < -0.3 is 4.52 Å². The lowest BCUT2D eigenvalue weighted by Crippen LogP contribution is -1.83. The van der Waals surface area contributed by atoms with Crippen LogP contribution in [-0.4, -0.2) is 5.16 Å². The van der Waals surface area contributed by atoms with Crippen LogP contribution in [0, 0.1) is 6.92 Å². The molecule has 1 aromatic heterocycles. The van der Waals surface area contributed by atoms with Crippen LogP contribution in [0.25, 0.3) is 0 Å². The van der Waals surface area contributed by atoms with E-state index in [1.807, 2.05) is 37.3 Å². The molecule has 0 bridgehead atoms. The van der Waals surface area contributed by atoms with Gasteiger partial charge in [-0.25, -0.2) is 0 Å². The van der Waals surface area contributed by atoms with Gasteiger partial charge in [-0.05, 0) is 18.6 Å². The van der Waals surface area contributed by atoms with Crippen LogP contribution in [0.1, 0.15) is 17.0 Å². The summed E-state index contributed by atoms with van der Waals surface area (Å²) in [5, 5.41) is 4.67. The zero-order valence-corrected chi connectivity index (χ0v) is 10.5. The highest BCUT2D eigenvalue weighted by Gasteiger charge is 2.03. The second kappa shape index (κ2) is 5.41. The number of aromatic nitrogens is 1. The molecule has 2 rings (SSSR count). The maximum absolute atomic E-state index is 6.06. The molecule has 0 amide bonds. The Hall–Kier alpha value is -0.930. The van der Waals surface area contributed by atoms with Crippen molar-refractivity contribution in [3.05, 3.63) is 52.4 Å². The lowest BCUT2D eigenvalue weighted by Gasteiger charge is -2.01. The predicted octanol–water partition coefficient (Wildman–Crippen LogP) is 4.07. The van der Waals surface area contributed by atoms with Crippen LogP contribution in [-0.2, 0) is 11.5 Å². The molecule has 84 valence electrons. The normalized spacial score (nSPS) is 10.6. The largest absolute Gasteiger partial charge is 0.360 e. The highest BCUT2D eigenvalue weighted by molar-refractivity contribution is 7.97. The Labute approximate surface area is 104 Å². The summed E-state index contributed by atoms with van der Waals surface area (Å²) in [4.78, 5) is 0. The van der Waals surface area contributed by atoms with Crippen LogP contribution in [0.15, 0.2) is 34.9 Å². The fourth-order valence-corrected chi connectivity index (χ4v) is 2.55. The Morgan fingerprint density at radius 2 is 2.12 bits per heavy atom. The summed E-state index contributed by atoms with van der Waals surface area (Å²) in [6, 6.07) is 9.85. The van der Waals surface area contributed by atoms with Crippen molar-refractivity contribution in [2.75, 3.05) is 0 Å². The van der Waals surface area contributed by atoms with Crippen molar-refractivity contribution in [3.63, 3.8) is 0 Å². The van der Waals surface area contributed by atoms with Gasteiger partial charge in [0.1, 0.15) is 5.76 Å². The number of benzene rings is 1. The molecule has 2 aromatic rings. The minimum absolute atomic E-state index is 0.823. The van der Waals surface area contributed by atoms with Crippen molar-refractivity contribution in [1.82, 2.24) is 5.16 Å². The zero-order chi connectivity index (χ0) is 11.4. The Kier molecular flexibility index (Phi) is 3.91. The van der Waals surface area contributed by atoms with E-state index in [2.05, 4.69) is 5.16 Å². The third-order valence-electron chi connectivity index (χ3n) is 2.14. The van der Waals surface area contributed by atoms with Gasteiger partial charge >= 0.3 is 0 Å². The first-order chi connectivity index (χ1) is 7.75. The van der Waals surface area contributed by atoms with Gasteiger partial charge in [0.05, 0.1) is 11.4 Å². The molecule has 0 aliphatic rings. The molecule has 0 unspecified atom stereocenters. The maximum Gasteiger partial charge on any atom is 0.146 e. The van der Waals surface area contributed by atoms with E-state index in [0.29, 0.717) is 0 Å². The molecule has 1 heterocycles. The number of rotatable bonds is 4. The summed E-state index contributed by atoms with van der Waals surface area (Å²) in [6.45, 7) is 1.92. The first kappa shape index (κ1) is 11.6. The Morgan fingerprint density at radius 3 is 2.81 bits per heavy atom. The molecule has 16 heavy (non-hydrogen) atoms. The lowest BCUT2D eigenvalue weighted by molar-refractivity contribution is 0.391. The number of nitrogens with zero attached hydrogens (tertiary/aromatic N) is 1. The highest BCUT2D eigenvalue weighted by Crippen LogP contribution is 2.23. The summed E-state index contributed by atoms with van der Waals surface area (Å²) >= 11 is 7.83. The molecule has 0 atom stereocenters. The van der Waals surface area contributed by atoms with E-state index in [-0.39, 0.29) is 0 Å². The first-order valence-electron chi connectivity index (χ1n) is 4.99. The third-order valence-corrected chi connectivity index (χ3v) is 3.51. The van der Waals surface area contributed by atoms with E-state index >= 15 is 0 Å². The molecular formula is C12H12ClNOS. The number of aryl methyl sites for hydroxylation is 1. The number of hydrogen-bond acceptors (Lipinski definition) is 3. The smallest absolute Gasteiger partial charge is 0.146 e. The first-order valence-corrected chi connectivity index (χ1v) is 6.52. The van der Waals surface area contributed by atoms with Crippen molar-refractivity contribution >= 4 is 23.4 Å². The second-order valence-corrected chi connectivity index (χ2v) is 4.91. The average molecular weight is 254 g/mol. The Morgan fingerprint density at radius 1 is 1.31 bits per heavy atom. The van der Waals surface area contributed by atoms with E-state index in [1.54, 1.807) is 11.8 Å². The van der Waals surface area contributed by atoms with Gasteiger partial charge in [-0.15, -0.1) is 11.8 Å². The van der Waals surface area contributed by atoms with Gasteiger partial charge in [0.15, 0.2) is 0 Å². The molecule has 1 aromatic carbocycles. The summed E-state index contributed by atoms with van der Waals surface area (Å²) in [5.41, 5.74) is 2.08. The van der Waals surface area contributed by atoms with Gasteiger partial charge in [0.2, 0.25) is 0 Å². The van der Waals surface area contributed by atoms with E-state index in [0.717, 1.165) is 33.5 Å². The Bertz CT molecular complexity index is 470. The Balaban J connectivity index is 1.87. The molecule has 0 aliphatic heterocycles. The molecular weight excluding hydrogens is 242 g/mol. The minimum atomic E-state index is 0.823. The minimum Gasteiger partial charge on any atom is -0.360 e. The van der Waals surface area contributed by atoms with E-state index in [9.17, 15) is 0 Å². The van der Waals surface area contributed by atoms with Crippen molar-refractivity contribution in [2.45, 2.75) is 18.4 Å². The van der Waals surface area contributed by atoms with Gasteiger partial charge in [-0.3, -0.25) is 0 Å². The van der Waals surface area contributed by atoms with Crippen molar-refractivity contribution in [1.29, 1.82) is 0 Å². The average Bonchev–Trinajstić information content (AvgIpc) is 2.67. The zero-order valence-electron chi connectivity index (χ0n) is 8.94. The van der Waals surface area contributed by atoms with E-state index in [1.165, 1.54) is 0 Å². The van der Waals surface area contributed by atoms with Crippen LogP contribution in [0.2, 0.25) is 5.02 Å². The van der Waals surface area contributed by atoms with Crippen LogP contribution >= 0.6 is 23.4 Å². The second-order valence-electron chi connectivity index (χ2n) is 3.52.